The van der Waals surface area contributed by atoms with Gasteiger partial charge in [0.25, 0.3) is 0 Å². The highest BCUT2D eigenvalue weighted by Crippen LogP contribution is 2.14. The predicted octanol–water partition coefficient (Wildman–Crippen LogP) is 3.06. The van der Waals surface area contributed by atoms with Crippen molar-refractivity contribution < 1.29 is 4.21 Å². The third kappa shape index (κ3) is 2.30. The van der Waals surface area contributed by atoms with Crippen LogP contribution in [0.2, 0.25) is 0 Å². The smallest absolute Gasteiger partial charge is 0.0582 e. The third-order valence-corrected chi connectivity index (χ3v) is 4.11. The molecule has 0 saturated carbocycles. The van der Waals surface area contributed by atoms with Gasteiger partial charge in [0.05, 0.1) is 16.6 Å². The zero-order chi connectivity index (χ0) is 9.80. The van der Waals surface area contributed by atoms with Crippen molar-refractivity contribution in [2.24, 2.45) is 0 Å². The van der Waals surface area contributed by atoms with Crippen molar-refractivity contribution >= 4 is 22.1 Å². The van der Waals surface area contributed by atoms with E-state index in [4.69, 9.17) is 0 Å². The lowest BCUT2D eigenvalue weighted by atomic mass is 10.2. The first-order valence-corrected chi connectivity index (χ1v) is 6.57. The molecule has 3 heteroatoms. The van der Waals surface area contributed by atoms with Crippen molar-refractivity contribution in [1.29, 1.82) is 0 Å². The fourth-order valence-electron chi connectivity index (χ4n) is 1.19. The first-order valence-electron chi connectivity index (χ1n) is 4.31. The van der Waals surface area contributed by atoms with Crippen LogP contribution in [0.5, 0.6) is 0 Å². The summed E-state index contributed by atoms with van der Waals surface area (Å²) in [7, 11) is -0.893. The molecule has 0 spiro atoms. The van der Waals surface area contributed by atoms with Crippen LogP contribution in [0.4, 0.5) is 0 Å². The fraction of sp³-hybridized carbons (Fsp3) is 0.0909. The van der Waals surface area contributed by atoms with Gasteiger partial charge in [-0.1, -0.05) is 30.3 Å². The number of rotatable bonds is 3. The first kappa shape index (κ1) is 9.62. The molecule has 0 amide bonds. The van der Waals surface area contributed by atoms with Crippen molar-refractivity contribution in [3.63, 3.8) is 0 Å². The summed E-state index contributed by atoms with van der Waals surface area (Å²) in [5.74, 6) is 0.609. The normalized spacial score (nSPS) is 12.6. The molecule has 2 rings (SSSR count). The Hall–Kier alpha value is -0.930. The standard InChI is InChI=1S/C11H10OS2/c12-14(11-6-7-13-8-11)9-10-4-2-1-3-5-10/h1-8H,9H2. The molecule has 1 nitrogen and oxygen atoms in total. The van der Waals surface area contributed by atoms with Crippen LogP contribution in [0, 0.1) is 0 Å². The predicted molar refractivity (Wildman–Crippen MR) is 60.9 cm³/mol. The van der Waals surface area contributed by atoms with Crippen molar-refractivity contribution in [3.05, 3.63) is 52.7 Å². The maximum atomic E-state index is 11.8. The highest BCUT2D eigenvalue weighted by Gasteiger charge is 2.04. The van der Waals surface area contributed by atoms with E-state index >= 15 is 0 Å². The average Bonchev–Trinajstić information content (AvgIpc) is 2.72. The summed E-state index contributed by atoms with van der Waals surface area (Å²) in [5.41, 5.74) is 1.12. The molecule has 14 heavy (non-hydrogen) atoms. The summed E-state index contributed by atoms with van der Waals surface area (Å²) in [4.78, 5) is 0.929. The second kappa shape index (κ2) is 4.53. The van der Waals surface area contributed by atoms with E-state index in [0.29, 0.717) is 5.75 Å². The van der Waals surface area contributed by atoms with Crippen LogP contribution >= 0.6 is 11.3 Å². The van der Waals surface area contributed by atoms with E-state index in [2.05, 4.69) is 0 Å². The minimum absolute atomic E-state index is 0.609. The fourth-order valence-corrected chi connectivity index (χ4v) is 3.27. The Morgan fingerprint density at radius 1 is 1.14 bits per heavy atom. The van der Waals surface area contributed by atoms with Gasteiger partial charge >= 0.3 is 0 Å². The summed E-state index contributed by atoms with van der Waals surface area (Å²) in [6, 6.07) is 11.8. The molecule has 1 aromatic heterocycles. The van der Waals surface area contributed by atoms with Gasteiger partial charge in [-0.05, 0) is 17.0 Å². The molecule has 1 unspecified atom stereocenters. The van der Waals surface area contributed by atoms with Gasteiger partial charge in [0.1, 0.15) is 0 Å². The molecular formula is C11H10OS2. The SMILES string of the molecule is O=S(Cc1ccccc1)c1ccsc1. The number of hydrogen-bond acceptors (Lipinski definition) is 2. The van der Waals surface area contributed by atoms with Crippen LogP contribution in [0.1, 0.15) is 5.56 Å². The summed E-state index contributed by atoms with van der Waals surface area (Å²) in [6.45, 7) is 0. The minimum Gasteiger partial charge on any atom is -0.254 e. The van der Waals surface area contributed by atoms with Gasteiger partial charge in [0, 0.05) is 10.3 Å². The van der Waals surface area contributed by atoms with Gasteiger partial charge in [-0.15, -0.1) is 0 Å². The van der Waals surface area contributed by atoms with Crippen molar-refractivity contribution in [1.82, 2.24) is 0 Å². The Kier molecular flexibility index (Phi) is 3.11. The Balaban J connectivity index is 2.10. The summed E-state index contributed by atoms with van der Waals surface area (Å²) in [6.07, 6.45) is 0. The van der Waals surface area contributed by atoms with Crippen LogP contribution in [0.3, 0.4) is 0 Å². The molecule has 2 aromatic rings. The van der Waals surface area contributed by atoms with E-state index in [1.54, 1.807) is 11.3 Å². The van der Waals surface area contributed by atoms with E-state index in [-0.39, 0.29) is 0 Å². The molecule has 0 N–H and O–H groups in total. The molecule has 0 aliphatic rings. The zero-order valence-corrected chi connectivity index (χ0v) is 9.18. The van der Waals surface area contributed by atoms with E-state index in [9.17, 15) is 4.21 Å². The topological polar surface area (TPSA) is 17.1 Å². The Bertz CT molecular complexity index is 406. The van der Waals surface area contributed by atoms with Crippen molar-refractivity contribution in [2.75, 3.05) is 0 Å². The highest BCUT2D eigenvalue weighted by atomic mass is 32.2. The highest BCUT2D eigenvalue weighted by molar-refractivity contribution is 7.84. The molecular weight excluding hydrogens is 212 g/mol. The van der Waals surface area contributed by atoms with Crippen LogP contribution in [-0.2, 0) is 16.6 Å². The van der Waals surface area contributed by atoms with Crippen LogP contribution in [0.15, 0.2) is 52.1 Å². The van der Waals surface area contributed by atoms with Gasteiger partial charge in [0.15, 0.2) is 0 Å². The van der Waals surface area contributed by atoms with E-state index in [1.807, 2.05) is 47.2 Å². The lowest BCUT2D eigenvalue weighted by Crippen LogP contribution is -1.94. The van der Waals surface area contributed by atoms with Gasteiger partial charge in [-0.3, -0.25) is 4.21 Å². The largest absolute Gasteiger partial charge is 0.254 e. The molecule has 0 bridgehead atoms. The van der Waals surface area contributed by atoms with Gasteiger partial charge in [-0.25, -0.2) is 0 Å². The molecule has 72 valence electrons. The minimum atomic E-state index is -0.893. The number of hydrogen-bond donors (Lipinski definition) is 0. The van der Waals surface area contributed by atoms with E-state index in [1.165, 1.54) is 0 Å². The first-order chi connectivity index (χ1) is 6.86. The van der Waals surface area contributed by atoms with E-state index < -0.39 is 10.8 Å². The van der Waals surface area contributed by atoms with Crippen molar-refractivity contribution in [2.45, 2.75) is 10.6 Å². The molecule has 0 aliphatic carbocycles. The Morgan fingerprint density at radius 2 is 1.93 bits per heavy atom. The molecule has 0 radical (unpaired) electrons. The van der Waals surface area contributed by atoms with E-state index in [0.717, 1.165) is 10.5 Å². The Labute approximate surface area is 89.9 Å². The number of thiophene rings is 1. The second-order valence-corrected chi connectivity index (χ2v) is 5.17. The lowest BCUT2D eigenvalue weighted by Gasteiger charge is -1.99. The maximum Gasteiger partial charge on any atom is 0.0582 e. The molecule has 0 fully saturated rings. The number of benzene rings is 1. The summed E-state index contributed by atoms with van der Waals surface area (Å²) >= 11 is 1.59. The molecule has 0 aliphatic heterocycles. The third-order valence-electron chi connectivity index (χ3n) is 1.90. The van der Waals surface area contributed by atoms with Crippen LogP contribution in [-0.4, -0.2) is 4.21 Å². The summed E-state index contributed by atoms with van der Waals surface area (Å²) in [5, 5.41) is 3.90. The molecule has 0 saturated heterocycles. The summed E-state index contributed by atoms with van der Waals surface area (Å²) < 4.78 is 11.8. The van der Waals surface area contributed by atoms with Crippen LogP contribution in [0.25, 0.3) is 0 Å². The quantitative estimate of drug-likeness (QED) is 0.780. The average molecular weight is 222 g/mol. The Morgan fingerprint density at radius 3 is 2.57 bits per heavy atom. The maximum absolute atomic E-state index is 11.8. The molecule has 1 atom stereocenters. The lowest BCUT2D eigenvalue weighted by molar-refractivity contribution is 0.683. The second-order valence-electron chi connectivity index (χ2n) is 2.93. The molecule has 1 heterocycles. The van der Waals surface area contributed by atoms with Gasteiger partial charge in [-0.2, -0.15) is 11.3 Å². The van der Waals surface area contributed by atoms with Gasteiger partial charge in [0.2, 0.25) is 0 Å². The van der Waals surface area contributed by atoms with Gasteiger partial charge < -0.3 is 0 Å². The monoisotopic (exact) mass is 222 g/mol. The van der Waals surface area contributed by atoms with Crippen LogP contribution < -0.4 is 0 Å². The molecule has 1 aromatic carbocycles. The zero-order valence-electron chi connectivity index (χ0n) is 7.55. The van der Waals surface area contributed by atoms with Crippen molar-refractivity contribution in [3.8, 4) is 0 Å².